The second-order valence-electron chi connectivity index (χ2n) is 12.8. The number of esters is 1. The van der Waals surface area contributed by atoms with Crippen molar-refractivity contribution in [2.24, 2.45) is 34.5 Å². The lowest BCUT2D eigenvalue weighted by Gasteiger charge is -2.58. The fourth-order valence-corrected chi connectivity index (χ4v) is 8.99. The van der Waals surface area contributed by atoms with E-state index >= 15 is 0 Å². The Hall–Kier alpha value is -0.310. The summed E-state index contributed by atoms with van der Waals surface area (Å²) in [6.45, 7) is 9.59. The van der Waals surface area contributed by atoms with E-state index < -0.39 is 0 Å². The molecule has 0 aromatic carbocycles. The van der Waals surface area contributed by atoms with Gasteiger partial charge in [0.2, 0.25) is 0 Å². The quantitative estimate of drug-likeness (QED) is 0.121. The van der Waals surface area contributed by atoms with Crippen LogP contribution < -0.4 is 0 Å². The van der Waals surface area contributed by atoms with Gasteiger partial charge in [0.1, 0.15) is 10.9 Å². The van der Waals surface area contributed by atoms with Gasteiger partial charge < -0.3 is 4.74 Å². The molecular formula is C31H51BrO2. The first-order valence-electron chi connectivity index (χ1n) is 14.9. The summed E-state index contributed by atoms with van der Waals surface area (Å²) in [5.74, 6) is 3.55. The molecule has 0 aromatic heterocycles. The maximum atomic E-state index is 12.4. The Morgan fingerprint density at radius 2 is 1.79 bits per heavy atom. The zero-order valence-corrected chi connectivity index (χ0v) is 24.1. The predicted octanol–water partition coefficient (Wildman–Crippen LogP) is 9.40. The van der Waals surface area contributed by atoms with Crippen LogP contribution in [0.4, 0.5) is 0 Å². The Bertz CT molecular complexity index is 731. The Morgan fingerprint density at radius 3 is 2.56 bits per heavy atom. The second-order valence-corrected chi connectivity index (χ2v) is 13.9. The summed E-state index contributed by atoms with van der Waals surface area (Å²) in [5.41, 5.74) is 2.54. The van der Waals surface area contributed by atoms with Crippen LogP contribution in [0.3, 0.4) is 0 Å². The van der Waals surface area contributed by atoms with Crippen LogP contribution in [0, 0.1) is 34.5 Å². The van der Waals surface area contributed by atoms with Gasteiger partial charge in [-0.2, -0.15) is 0 Å². The van der Waals surface area contributed by atoms with Crippen molar-refractivity contribution in [2.75, 3.05) is 0 Å². The number of hydrogen-bond acceptors (Lipinski definition) is 2. The monoisotopic (exact) mass is 534 g/mol. The van der Waals surface area contributed by atoms with Crippen LogP contribution in [0.5, 0.6) is 0 Å². The second kappa shape index (κ2) is 11.4. The number of fused-ring (bicyclic) bond motifs is 5. The molecule has 0 saturated heterocycles. The fraction of sp³-hybridized carbons (Fsp3) is 0.903. The predicted molar refractivity (Wildman–Crippen MR) is 146 cm³/mol. The van der Waals surface area contributed by atoms with E-state index in [1.807, 2.05) is 6.92 Å². The van der Waals surface area contributed by atoms with Gasteiger partial charge in [0.15, 0.2) is 0 Å². The van der Waals surface area contributed by atoms with Crippen molar-refractivity contribution in [2.45, 2.75) is 141 Å². The third kappa shape index (κ3) is 5.21. The Kier molecular flexibility index (Phi) is 8.96. The van der Waals surface area contributed by atoms with E-state index in [1.54, 1.807) is 5.57 Å². The summed E-state index contributed by atoms with van der Waals surface area (Å²) in [6, 6.07) is 0. The molecule has 0 unspecified atom stereocenters. The van der Waals surface area contributed by atoms with E-state index in [-0.39, 0.29) is 16.9 Å². The Labute approximate surface area is 218 Å². The maximum absolute atomic E-state index is 12.4. The molecule has 0 spiro atoms. The Morgan fingerprint density at radius 1 is 1.03 bits per heavy atom. The van der Waals surface area contributed by atoms with Crippen molar-refractivity contribution >= 4 is 21.9 Å². The molecule has 3 heteroatoms. The van der Waals surface area contributed by atoms with Gasteiger partial charge in [-0.1, -0.05) is 93.8 Å². The van der Waals surface area contributed by atoms with Gasteiger partial charge in [0.25, 0.3) is 0 Å². The van der Waals surface area contributed by atoms with Gasteiger partial charge in [-0.3, -0.25) is 4.79 Å². The summed E-state index contributed by atoms with van der Waals surface area (Å²) in [5, 5.41) is 0. The number of allylic oxidation sites excluding steroid dienone is 1. The van der Waals surface area contributed by atoms with E-state index in [1.165, 1.54) is 83.5 Å². The van der Waals surface area contributed by atoms with Crippen molar-refractivity contribution in [3.63, 3.8) is 0 Å². The molecule has 2 nitrogen and oxygen atoms in total. The topological polar surface area (TPSA) is 26.3 Å². The molecule has 4 aliphatic rings. The Balaban J connectivity index is 1.37. The van der Waals surface area contributed by atoms with Crippen LogP contribution in [-0.2, 0) is 9.53 Å². The van der Waals surface area contributed by atoms with E-state index in [0.717, 1.165) is 42.9 Å². The third-order valence-corrected chi connectivity index (χ3v) is 12.1. The SMILES string of the molecule is CCCCCCCC[C@@H]1CC[C@@H]2[C@@H]3CC=C4C[C@@H](OC(=O)[C@@H](Br)CC)CC[C@]4(C)[C@@H]3CC[C@]12C. The average molecular weight is 536 g/mol. The summed E-state index contributed by atoms with van der Waals surface area (Å²) >= 11 is 3.47. The fourth-order valence-electron chi connectivity index (χ4n) is 8.89. The minimum absolute atomic E-state index is 0.0683. The van der Waals surface area contributed by atoms with Crippen molar-refractivity contribution < 1.29 is 9.53 Å². The highest BCUT2D eigenvalue weighted by Crippen LogP contribution is 2.66. The van der Waals surface area contributed by atoms with E-state index in [9.17, 15) is 4.79 Å². The van der Waals surface area contributed by atoms with Crippen LogP contribution in [-0.4, -0.2) is 16.9 Å². The molecule has 34 heavy (non-hydrogen) atoms. The summed E-state index contributed by atoms with van der Waals surface area (Å²) in [7, 11) is 0. The molecule has 3 saturated carbocycles. The van der Waals surface area contributed by atoms with Crippen molar-refractivity contribution in [3.8, 4) is 0 Å². The van der Waals surface area contributed by atoms with Crippen molar-refractivity contribution in [3.05, 3.63) is 11.6 Å². The van der Waals surface area contributed by atoms with E-state index in [0.29, 0.717) is 10.8 Å². The van der Waals surface area contributed by atoms with Crippen molar-refractivity contribution in [1.29, 1.82) is 0 Å². The van der Waals surface area contributed by atoms with E-state index in [2.05, 4.69) is 42.8 Å². The first-order valence-corrected chi connectivity index (χ1v) is 15.8. The van der Waals surface area contributed by atoms with Crippen molar-refractivity contribution in [1.82, 2.24) is 0 Å². The maximum Gasteiger partial charge on any atom is 0.319 e. The van der Waals surface area contributed by atoms with Crippen LogP contribution in [0.25, 0.3) is 0 Å². The minimum Gasteiger partial charge on any atom is -0.461 e. The zero-order valence-electron chi connectivity index (χ0n) is 22.5. The molecule has 0 amide bonds. The largest absolute Gasteiger partial charge is 0.461 e. The molecule has 0 N–H and O–H groups in total. The van der Waals surface area contributed by atoms with Crippen LogP contribution >= 0.6 is 15.9 Å². The number of carbonyl (C=O) groups is 1. The van der Waals surface area contributed by atoms with Gasteiger partial charge in [-0.05, 0) is 92.3 Å². The number of carbonyl (C=O) groups excluding carboxylic acids is 1. The van der Waals surface area contributed by atoms with Gasteiger partial charge >= 0.3 is 5.97 Å². The molecular weight excluding hydrogens is 484 g/mol. The molecule has 3 fully saturated rings. The lowest BCUT2D eigenvalue weighted by molar-refractivity contribution is -0.150. The molecule has 0 radical (unpaired) electrons. The van der Waals surface area contributed by atoms with Crippen LogP contribution in [0.15, 0.2) is 11.6 Å². The first kappa shape index (κ1) is 26.7. The molecule has 0 bridgehead atoms. The van der Waals surface area contributed by atoms with Gasteiger partial charge in [0.05, 0.1) is 0 Å². The summed E-state index contributed by atoms with van der Waals surface area (Å²) in [4.78, 5) is 12.2. The highest BCUT2D eigenvalue weighted by atomic mass is 79.9. The average Bonchev–Trinajstić information content (AvgIpc) is 3.17. The standard InChI is InChI=1S/C31H51BrO2/c1-5-7-8-9-10-11-12-22-14-16-26-25-15-13-23-21-24(34-29(33)28(32)6-2)17-19-31(23,4)27(25)18-20-30(22,26)3/h13,22,24-28H,5-12,14-21H2,1-4H3/t22-,24+,25+,26-,27-,28+,30-,31+/m1/s1. The molecule has 0 aliphatic heterocycles. The zero-order chi connectivity index (χ0) is 24.3. The van der Waals surface area contributed by atoms with Gasteiger partial charge in [-0.25, -0.2) is 0 Å². The van der Waals surface area contributed by atoms with E-state index in [4.69, 9.17) is 4.74 Å². The summed E-state index contributed by atoms with van der Waals surface area (Å²) in [6.07, 6.45) is 23.8. The number of hydrogen-bond donors (Lipinski definition) is 0. The molecule has 4 rings (SSSR count). The first-order chi connectivity index (χ1) is 16.3. The number of unbranched alkanes of at least 4 members (excludes halogenated alkanes) is 5. The normalized spacial score (nSPS) is 40.0. The van der Waals surface area contributed by atoms with Gasteiger partial charge in [-0.15, -0.1) is 0 Å². The number of ether oxygens (including phenoxy) is 1. The number of rotatable bonds is 10. The highest BCUT2D eigenvalue weighted by molar-refractivity contribution is 9.10. The molecule has 8 atom stereocenters. The molecule has 0 aromatic rings. The lowest BCUT2D eigenvalue weighted by Crippen LogP contribution is -2.50. The lowest BCUT2D eigenvalue weighted by atomic mass is 9.47. The number of halogens is 1. The summed E-state index contributed by atoms with van der Waals surface area (Å²) < 4.78 is 5.92. The highest BCUT2D eigenvalue weighted by Gasteiger charge is 2.58. The smallest absolute Gasteiger partial charge is 0.319 e. The van der Waals surface area contributed by atoms with Crippen LogP contribution in [0.1, 0.15) is 130 Å². The third-order valence-electron chi connectivity index (χ3n) is 11.1. The molecule has 194 valence electrons. The van der Waals surface area contributed by atoms with Gasteiger partial charge in [0, 0.05) is 6.42 Å². The number of alkyl halides is 1. The van der Waals surface area contributed by atoms with Crippen LogP contribution in [0.2, 0.25) is 0 Å². The molecule has 0 heterocycles. The minimum atomic E-state index is -0.159. The molecule has 4 aliphatic carbocycles.